The van der Waals surface area contributed by atoms with Crippen molar-refractivity contribution in [2.75, 3.05) is 19.0 Å². The molecule has 0 spiro atoms. The van der Waals surface area contributed by atoms with Crippen LogP contribution in [0.15, 0.2) is 29.6 Å². The van der Waals surface area contributed by atoms with E-state index in [0.717, 1.165) is 17.5 Å². The molecule has 2 rings (SSSR count). The number of aryl methyl sites for hydroxylation is 1. The van der Waals surface area contributed by atoms with E-state index in [-0.39, 0.29) is 6.61 Å². The Morgan fingerprint density at radius 1 is 1.17 bits per heavy atom. The number of thiophene rings is 1. The van der Waals surface area contributed by atoms with E-state index in [0.29, 0.717) is 10.6 Å². The molecule has 0 atom stereocenters. The second-order valence-electron chi connectivity index (χ2n) is 4.74. The van der Waals surface area contributed by atoms with Crippen LogP contribution in [0.1, 0.15) is 29.8 Å². The molecule has 0 radical (unpaired) electrons. The molecule has 2 aromatic rings. The maximum absolute atomic E-state index is 12.1. The number of rotatable bonds is 5. The summed E-state index contributed by atoms with van der Waals surface area (Å²) in [5, 5.41) is 4.85. The Balaban J connectivity index is 2.40. The lowest BCUT2D eigenvalue weighted by atomic mass is 10.0. The van der Waals surface area contributed by atoms with Gasteiger partial charge < -0.3 is 9.47 Å². The van der Waals surface area contributed by atoms with E-state index in [1.807, 2.05) is 29.6 Å². The number of esters is 1. The Morgan fingerprint density at radius 2 is 1.87 bits per heavy atom. The molecule has 0 aliphatic carbocycles. The zero-order valence-corrected chi connectivity index (χ0v) is 14.2. The van der Waals surface area contributed by atoms with Crippen LogP contribution in [0.5, 0.6) is 0 Å². The predicted molar refractivity (Wildman–Crippen MR) is 91.1 cm³/mol. The highest BCUT2D eigenvalue weighted by Gasteiger charge is 2.22. The van der Waals surface area contributed by atoms with Crippen LogP contribution in [0.3, 0.4) is 0 Å². The van der Waals surface area contributed by atoms with Gasteiger partial charge in [0.05, 0.1) is 13.7 Å². The quantitative estimate of drug-likeness (QED) is 0.827. The summed E-state index contributed by atoms with van der Waals surface area (Å²) in [4.78, 5) is 23.8. The second kappa shape index (κ2) is 7.78. The van der Waals surface area contributed by atoms with E-state index < -0.39 is 12.1 Å². The number of nitrogens with one attached hydrogen (secondary N) is 1. The molecule has 0 aliphatic rings. The maximum Gasteiger partial charge on any atom is 0.412 e. The van der Waals surface area contributed by atoms with Crippen LogP contribution in [0.4, 0.5) is 9.80 Å². The average Bonchev–Trinajstić information content (AvgIpc) is 2.97. The molecule has 0 bridgehead atoms. The van der Waals surface area contributed by atoms with Gasteiger partial charge in [0.15, 0.2) is 0 Å². The Labute approximate surface area is 139 Å². The molecule has 0 saturated carbocycles. The summed E-state index contributed by atoms with van der Waals surface area (Å²) < 4.78 is 9.72. The van der Waals surface area contributed by atoms with Gasteiger partial charge in [-0.25, -0.2) is 9.59 Å². The first-order valence-electron chi connectivity index (χ1n) is 7.33. The molecule has 0 aliphatic heterocycles. The first-order valence-corrected chi connectivity index (χ1v) is 8.21. The molecule has 5 nitrogen and oxygen atoms in total. The largest absolute Gasteiger partial charge is 0.465 e. The molecular weight excluding hydrogens is 314 g/mol. The Kier molecular flexibility index (Phi) is 5.76. The monoisotopic (exact) mass is 333 g/mol. The van der Waals surface area contributed by atoms with E-state index in [1.54, 1.807) is 6.92 Å². The van der Waals surface area contributed by atoms with Crippen LogP contribution in [0, 0.1) is 0 Å². The van der Waals surface area contributed by atoms with Crippen molar-refractivity contribution in [1.82, 2.24) is 0 Å². The minimum Gasteiger partial charge on any atom is -0.465 e. The van der Waals surface area contributed by atoms with Crippen LogP contribution in [-0.4, -0.2) is 25.8 Å². The van der Waals surface area contributed by atoms with Gasteiger partial charge in [0.1, 0.15) is 10.6 Å². The molecule has 122 valence electrons. The number of carbonyl (C=O) groups is 2. The fourth-order valence-electron chi connectivity index (χ4n) is 2.15. The zero-order valence-electron chi connectivity index (χ0n) is 13.3. The third kappa shape index (κ3) is 3.90. The summed E-state index contributed by atoms with van der Waals surface area (Å²) >= 11 is 1.27. The lowest BCUT2D eigenvalue weighted by Gasteiger charge is -2.08. The number of anilines is 1. The normalized spacial score (nSPS) is 10.2. The van der Waals surface area contributed by atoms with Gasteiger partial charge in [0.25, 0.3) is 0 Å². The molecule has 0 fully saturated rings. The molecule has 0 saturated heterocycles. The number of hydrogen-bond donors (Lipinski definition) is 1. The summed E-state index contributed by atoms with van der Waals surface area (Å²) in [6.45, 7) is 4.06. The van der Waals surface area contributed by atoms with Crippen molar-refractivity contribution in [3.05, 3.63) is 40.8 Å². The summed E-state index contributed by atoms with van der Waals surface area (Å²) in [5.74, 6) is -0.493. The summed E-state index contributed by atoms with van der Waals surface area (Å²) in [7, 11) is 1.32. The highest BCUT2D eigenvalue weighted by Crippen LogP contribution is 2.36. The number of carbonyl (C=O) groups excluding carboxylic acids is 2. The van der Waals surface area contributed by atoms with Gasteiger partial charge in [0.2, 0.25) is 0 Å². The first-order chi connectivity index (χ1) is 11.1. The maximum atomic E-state index is 12.1. The Bertz CT molecular complexity index is 691. The third-order valence-electron chi connectivity index (χ3n) is 3.34. The topological polar surface area (TPSA) is 64.6 Å². The third-order valence-corrected chi connectivity index (χ3v) is 4.24. The molecule has 23 heavy (non-hydrogen) atoms. The molecule has 0 unspecified atom stereocenters. The van der Waals surface area contributed by atoms with E-state index in [4.69, 9.17) is 9.47 Å². The van der Waals surface area contributed by atoms with Crippen molar-refractivity contribution in [3.8, 4) is 11.1 Å². The van der Waals surface area contributed by atoms with Gasteiger partial charge in [-0.1, -0.05) is 31.2 Å². The van der Waals surface area contributed by atoms with Gasteiger partial charge in [-0.05, 0) is 24.5 Å². The standard InChI is InChI=1S/C17H19NO4S/c1-4-11-6-8-12(9-7-11)13-10-23-15(14(13)16(19)21-3)18-17(20)22-5-2/h6-10H,4-5H2,1-3H3,(H,18,20). The number of methoxy groups -OCH3 is 1. The lowest BCUT2D eigenvalue weighted by Crippen LogP contribution is -2.15. The van der Waals surface area contributed by atoms with Crippen LogP contribution in [0.25, 0.3) is 11.1 Å². The fraction of sp³-hybridized carbons (Fsp3) is 0.294. The van der Waals surface area contributed by atoms with E-state index >= 15 is 0 Å². The van der Waals surface area contributed by atoms with Crippen molar-refractivity contribution < 1.29 is 19.1 Å². The predicted octanol–water partition coefficient (Wildman–Crippen LogP) is 4.33. The van der Waals surface area contributed by atoms with E-state index in [2.05, 4.69) is 12.2 Å². The van der Waals surface area contributed by atoms with Crippen LogP contribution >= 0.6 is 11.3 Å². The first kappa shape index (κ1) is 17.0. The second-order valence-corrected chi connectivity index (χ2v) is 5.62. The average molecular weight is 333 g/mol. The zero-order chi connectivity index (χ0) is 16.8. The molecule has 1 amide bonds. The highest BCUT2D eigenvalue weighted by molar-refractivity contribution is 7.15. The van der Waals surface area contributed by atoms with Crippen LogP contribution in [0.2, 0.25) is 0 Å². The van der Waals surface area contributed by atoms with Crippen molar-refractivity contribution in [1.29, 1.82) is 0 Å². The Hall–Kier alpha value is -2.34. The Morgan fingerprint density at radius 3 is 2.43 bits per heavy atom. The minimum absolute atomic E-state index is 0.260. The van der Waals surface area contributed by atoms with E-state index in [1.165, 1.54) is 24.0 Å². The number of ether oxygens (including phenoxy) is 2. The molecular formula is C17H19NO4S. The van der Waals surface area contributed by atoms with Gasteiger partial charge in [-0.2, -0.15) is 0 Å². The number of hydrogen-bond acceptors (Lipinski definition) is 5. The summed E-state index contributed by atoms with van der Waals surface area (Å²) in [6, 6.07) is 7.96. The van der Waals surface area contributed by atoms with Gasteiger partial charge in [-0.3, -0.25) is 5.32 Å². The minimum atomic E-state index is -0.590. The van der Waals surface area contributed by atoms with Gasteiger partial charge in [-0.15, -0.1) is 11.3 Å². The van der Waals surface area contributed by atoms with Crippen molar-refractivity contribution >= 4 is 28.4 Å². The highest BCUT2D eigenvalue weighted by atomic mass is 32.1. The van der Waals surface area contributed by atoms with Crippen molar-refractivity contribution in [3.63, 3.8) is 0 Å². The molecule has 6 heteroatoms. The number of amides is 1. The van der Waals surface area contributed by atoms with Gasteiger partial charge in [0, 0.05) is 10.9 Å². The molecule has 1 aromatic carbocycles. The smallest absolute Gasteiger partial charge is 0.412 e. The van der Waals surface area contributed by atoms with Crippen molar-refractivity contribution in [2.24, 2.45) is 0 Å². The van der Waals surface area contributed by atoms with Crippen LogP contribution < -0.4 is 5.32 Å². The summed E-state index contributed by atoms with van der Waals surface area (Å²) in [6.07, 6.45) is 0.357. The van der Waals surface area contributed by atoms with Crippen LogP contribution in [-0.2, 0) is 15.9 Å². The molecule has 1 N–H and O–H groups in total. The van der Waals surface area contributed by atoms with E-state index in [9.17, 15) is 9.59 Å². The summed E-state index contributed by atoms with van der Waals surface area (Å²) in [5.41, 5.74) is 3.19. The fourth-order valence-corrected chi connectivity index (χ4v) is 3.09. The number of benzene rings is 1. The van der Waals surface area contributed by atoms with Crippen molar-refractivity contribution in [2.45, 2.75) is 20.3 Å². The molecule has 1 aromatic heterocycles. The lowest BCUT2D eigenvalue weighted by molar-refractivity contribution is 0.0603. The van der Waals surface area contributed by atoms with Gasteiger partial charge >= 0.3 is 12.1 Å². The molecule has 1 heterocycles. The SMILES string of the molecule is CCOC(=O)Nc1scc(-c2ccc(CC)cc2)c1C(=O)OC.